The molecule has 2 aromatic carbocycles. The number of carbonyl (C=O) groups excluding carboxylic acids is 1. The van der Waals surface area contributed by atoms with Gasteiger partial charge >= 0.3 is 0 Å². The third-order valence-electron chi connectivity index (χ3n) is 4.50. The molecule has 3 rings (SSSR count). The maximum Gasteiger partial charge on any atom is 0.272 e. The van der Waals surface area contributed by atoms with Crippen LogP contribution in [0.5, 0.6) is 5.75 Å². The maximum atomic E-state index is 12.3. The number of amides is 1. The van der Waals surface area contributed by atoms with E-state index in [9.17, 15) is 4.79 Å². The zero-order chi connectivity index (χ0) is 19.9. The van der Waals surface area contributed by atoms with Crippen molar-refractivity contribution in [1.82, 2.24) is 15.5 Å². The van der Waals surface area contributed by atoms with Gasteiger partial charge in [-0.1, -0.05) is 37.3 Å². The van der Waals surface area contributed by atoms with Gasteiger partial charge in [-0.2, -0.15) is 0 Å². The summed E-state index contributed by atoms with van der Waals surface area (Å²) in [5.74, 6) is 1.12. The van der Waals surface area contributed by atoms with Crippen molar-refractivity contribution >= 4 is 17.4 Å². The normalized spacial score (nSPS) is 10.4. The maximum absolute atomic E-state index is 12.3. The molecule has 0 aliphatic heterocycles. The number of nitrogens with one attached hydrogen (secondary N) is 2. The molecule has 0 radical (unpaired) electrons. The van der Waals surface area contributed by atoms with Gasteiger partial charge in [0.2, 0.25) is 0 Å². The summed E-state index contributed by atoms with van der Waals surface area (Å²) in [6.07, 6.45) is 0.920. The van der Waals surface area contributed by atoms with Crippen LogP contribution in [0.1, 0.15) is 34.1 Å². The number of hydrogen-bond donors (Lipinski definition) is 2. The average Bonchev–Trinajstić information content (AvgIpc) is 2.74. The van der Waals surface area contributed by atoms with Crippen LogP contribution < -0.4 is 15.4 Å². The number of hydrogen-bond acceptors (Lipinski definition) is 5. The van der Waals surface area contributed by atoms with Crippen LogP contribution in [0.25, 0.3) is 0 Å². The molecule has 0 aliphatic rings. The molecule has 1 aromatic heterocycles. The van der Waals surface area contributed by atoms with Gasteiger partial charge in [-0.05, 0) is 54.3 Å². The van der Waals surface area contributed by atoms with Crippen LogP contribution in [-0.4, -0.2) is 23.2 Å². The minimum Gasteiger partial charge on any atom is -0.497 e. The molecule has 3 aromatic rings. The van der Waals surface area contributed by atoms with Crippen molar-refractivity contribution < 1.29 is 9.53 Å². The number of benzene rings is 2. The Labute approximate surface area is 165 Å². The molecular weight excluding hydrogens is 352 g/mol. The average molecular weight is 376 g/mol. The van der Waals surface area contributed by atoms with Crippen molar-refractivity contribution in [3.05, 3.63) is 77.0 Å². The SMILES string of the molecule is CCc1cccc(C)c1Nc1ccc(C(=O)NCc2ccc(OC)cc2)nn1. The number of methoxy groups -OCH3 is 1. The number of rotatable bonds is 7. The molecular formula is C22H24N4O2. The van der Waals surface area contributed by atoms with Crippen molar-refractivity contribution in [2.24, 2.45) is 0 Å². The molecule has 144 valence electrons. The number of aryl methyl sites for hydroxylation is 2. The predicted octanol–water partition coefficient (Wildman–Crippen LogP) is 4.03. The first-order valence-corrected chi connectivity index (χ1v) is 9.21. The Kier molecular flexibility index (Phi) is 6.22. The van der Waals surface area contributed by atoms with Gasteiger partial charge in [-0.3, -0.25) is 4.79 Å². The molecule has 0 fully saturated rings. The number of carbonyl (C=O) groups is 1. The molecule has 1 amide bonds. The minimum absolute atomic E-state index is 0.264. The van der Waals surface area contributed by atoms with Crippen LogP contribution in [0.4, 0.5) is 11.5 Å². The summed E-state index contributed by atoms with van der Waals surface area (Å²) < 4.78 is 5.13. The summed E-state index contributed by atoms with van der Waals surface area (Å²) in [6.45, 7) is 4.57. The Morgan fingerprint density at radius 2 is 1.82 bits per heavy atom. The molecule has 0 spiro atoms. The molecule has 1 heterocycles. The van der Waals surface area contributed by atoms with Gasteiger partial charge in [0.15, 0.2) is 11.5 Å². The van der Waals surface area contributed by atoms with E-state index in [0.717, 1.165) is 29.0 Å². The fourth-order valence-corrected chi connectivity index (χ4v) is 2.87. The van der Waals surface area contributed by atoms with Crippen LogP contribution in [0, 0.1) is 6.92 Å². The van der Waals surface area contributed by atoms with Crippen LogP contribution in [0.3, 0.4) is 0 Å². The van der Waals surface area contributed by atoms with E-state index < -0.39 is 0 Å². The molecule has 6 heteroatoms. The lowest BCUT2D eigenvalue weighted by Crippen LogP contribution is -2.24. The summed E-state index contributed by atoms with van der Waals surface area (Å²) in [4.78, 5) is 12.3. The molecule has 0 saturated carbocycles. The van der Waals surface area contributed by atoms with Crippen LogP contribution >= 0.6 is 0 Å². The summed E-state index contributed by atoms with van der Waals surface area (Å²) in [7, 11) is 1.62. The summed E-state index contributed by atoms with van der Waals surface area (Å²) in [5, 5.41) is 14.4. The minimum atomic E-state index is -0.264. The summed E-state index contributed by atoms with van der Waals surface area (Å²) in [5.41, 5.74) is 4.65. The van der Waals surface area contributed by atoms with Gasteiger partial charge in [0.05, 0.1) is 7.11 Å². The number of para-hydroxylation sites is 1. The first-order valence-electron chi connectivity index (χ1n) is 9.21. The molecule has 2 N–H and O–H groups in total. The highest BCUT2D eigenvalue weighted by molar-refractivity contribution is 5.92. The Balaban J connectivity index is 1.62. The third kappa shape index (κ3) is 4.65. The van der Waals surface area contributed by atoms with Crippen LogP contribution in [0.2, 0.25) is 0 Å². The van der Waals surface area contributed by atoms with E-state index in [4.69, 9.17) is 4.74 Å². The molecule has 0 unspecified atom stereocenters. The smallest absolute Gasteiger partial charge is 0.272 e. The first kappa shape index (κ1) is 19.4. The molecule has 0 atom stereocenters. The van der Waals surface area contributed by atoms with Crippen molar-refractivity contribution in [3.63, 3.8) is 0 Å². The van der Waals surface area contributed by atoms with E-state index >= 15 is 0 Å². The van der Waals surface area contributed by atoms with Crippen molar-refractivity contribution in [2.75, 3.05) is 12.4 Å². The Hall–Kier alpha value is -3.41. The van der Waals surface area contributed by atoms with Crippen LogP contribution in [0.15, 0.2) is 54.6 Å². The quantitative estimate of drug-likeness (QED) is 0.651. The lowest BCUT2D eigenvalue weighted by molar-refractivity contribution is 0.0945. The van der Waals surface area contributed by atoms with Gasteiger partial charge in [0.25, 0.3) is 5.91 Å². The standard InChI is InChI=1S/C22H24N4O2/c1-4-17-7-5-6-15(2)21(17)24-20-13-12-19(25-26-20)22(27)23-14-16-8-10-18(28-3)11-9-16/h5-13H,4,14H2,1-3H3,(H,23,27)(H,24,26). The molecule has 28 heavy (non-hydrogen) atoms. The van der Waals surface area contributed by atoms with Crippen LogP contribution in [-0.2, 0) is 13.0 Å². The van der Waals surface area contributed by atoms with Gasteiger partial charge in [-0.15, -0.1) is 10.2 Å². The Morgan fingerprint density at radius 1 is 1.04 bits per heavy atom. The number of aromatic nitrogens is 2. The second-order valence-corrected chi connectivity index (χ2v) is 6.42. The number of anilines is 2. The molecule has 6 nitrogen and oxygen atoms in total. The van der Waals surface area contributed by atoms with E-state index in [-0.39, 0.29) is 11.6 Å². The van der Waals surface area contributed by atoms with Crippen molar-refractivity contribution in [3.8, 4) is 5.75 Å². The zero-order valence-electron chi connectivity index (χ0n) is 16.3. The largest absolute Gasteiger partial charge is 0.497 e. The second kappa shape index (κ2) is 8.99. The van der Waals surface area contributed by atoms with Crippen molar-refractivity contribution in [2.45, 2.75) is 26.8 Å². The van der Waals surface area contributed by atoms with E-state index in [1.54, 1.807) is 19.2 Å². The second-order valence-electron chi connectivity index (χ2n) is 6.42. The van der Waals surface area contributed by atoms with E-state index in [1.165, 1.54) is 5.56 Å². The first-order chi connectivity index (χ1) is 13.6. The molecule has 0 aliphatic carbocycles. The highest BCUT2D eigenvalue weighted by atomic mass is 16.5. The summed E-state index contributed by atoms with van der Waals surface area (Å²) in [6, 6.07) is 17.1. The highest BCUT2D eigenvalue weighted by Crippen LogP contribution is 2.24. The lowest BCUT2D eigenvalue weighted by atomic mass is 10.1. The van der Waals surface area contributed by atoms with Crippen molar-refractivity contribution in [1.29, 1.82) is 0 Å². The topological polar surface area (TPSA) is 76.1 Å². The van der Waals surface area contributed by atoms with E-state index in [2.05, 4.69) is 46.8 Å². The Bertz CT molecular complexity index is 938. The van der Waals surface area contributed by atoms with Gasteiger partial charge in [0, 0.05) is 12.2 Å². The highest BCUT2D eigenvalue weighted by Gasteiger charge is 2.10. The van der Waals surface area contributed by atoms with Gasteiger partial charge in [-0.25, -0.2) is 0 Å². The zero-order valence-corrected chi connectivity index (χ0v) is 16.3. The number of nitrogens with zero attached hydrogens (tertiary/aromatic N) is 2. The monoisotopic (exact) mass is 376 g/mol. The van der Waals surface area contributed by atoms with Gasteiger partial charge < -0.3 is 15.4 Å². The third-order valence-corrected chi connectivity index (χ3v) is 4.50. The lowest BCUT2D eigenvalue weighted by Gasteiger charge is -2.13. The van der Waals surface area contributed by atoms with E-state index in [1.807, 2.05) is 30.3 Å². The predicted molar refractivity (Wildman–Crippen MR) is 110 cm³/mol. The summed E-state index contributed by atoms with van der Waals surface area (Å²) >= 11 is 0. The number of ether oxygens (including phenoxy) is 1. The van der Waals surface area contributed by atoms with E-state index in [0.29, 0.717) is 12.4 Å². The fourth-order valence-electron chi connectivity index (χ4n) is 2.87. The van der Waals surface area contributed by atoms with Gasteiger partial charge in [0.1, 0.15) is 5.75 Å². The Morgan fingerprint density at radius 3 is 2.46 bits per heavy atom. The molecule has 0 bridgehead atoms. The fraction of sp³-hybridized carbons (Fsp3) is 0.227. The molecule has 0 saturated heterocycles.